The van der Waals surface area contributed by atoms with E-state index < -0.39 is 0 Å². The van der Waals surface area contributed by atoms with Crippen molar-refractivity contribution in [2.45, 2.75) is 32.7 Å². The van der Waals surface area contributed by atoms with Crippen LogP contribution in [0.2, 0.25) is 0 Å². The van der Waals surface area contributed by atoms with Gasteiger partial charge in [0.1, 0.15) is 5.75 Å². The highest BCUT2D eigenvalue weighted by Crippen LogP contribution is 2.39. The summed E-state index contributed by atoms with van der Waals surface area (Å²) >= 11 is 0. The molecule has 1 unspecified atom stereocenters. The molecule has 106 valence electrons. The normalized spacial score (nSPS) is 18.3. The largest absolute Gasteiger partial charge is 0.508 e. The third kappa shape index (κ3) is 3.28. The third-order valence-electron chi connectivity index (χ3n) is 3.84. The monoisotopic (exact) mass is 263 g/mol. The van der Waals surface area contributed by atoms with Crippen LogP contribution in [0.5, 0.6) is 5.75 Å². The maximum absolute atomic E-state index is 9.95. The number of hydrogen-bond acceptors (Lipinski definition) is 3. The Morgan fingerprint density at radius 2 is 2.21 bits per heavy atom. The molecule has 2 rings (SSSR count). The summed E-state index contributed by atoms with van der Waals surface area (Å²) in [5, 5.41) is 9.95. The van der Waals surface area contributed by atoms with Crippen molar-refractivity contribution >= 4 is 0 Å². The molecule has 0 heterocycles. The Morgan fingerprint density at radius 3 is 2.89 bits per heavy atom. The average Bonchev–Trinajstić information content (AvgIpc) is 2.79. The van der Waals surface area contributed by atoms with Crippen LogP contribution in [-0.4, -0.2) is 36.8 Å². The van der Waals surface area contributed by atoms with Crippen LogP contribution in [0.3, 0.4) is 0 Å². The first kappa shape index (κ1) is 14.4. The van der Waals surface area contributed by atoms with Crippen LogP contribution in [0.25, 0.3) is 0 Å². The van der Waals surface area contributed by atoms with Gasteiger partial charge >= 0.3 is 0 Å². The van der Waals surface area contributed by atoms with E-state index in [1.807, 2.05) is 6.07 Å². The van der Waals surface area contributed by atoms with Crippen molar-refractivity contribution < 1.29 is 9.84 Å². The van der Waals surface area contributed by atoms with E-state index in [9.17, 15) is 5.11 Å². The zero-order valence-corrected chi connectivity index (χ0v) is 12.2. The molecule has 1 aromatic rings. The van der Waals surface area contributed by atoms with Gasteiger partial charge in [-0.1, -0.05) is 26.0 Å². The molecule has 0 fully saturated rings. The van der Waals surface area contributed by atoms with Gasteiger partial charge in [0, 0.05) is 26.2 Å². The van der Waals surface area contributed by atoms with E-state index in [1.165, 1.54) is 5.56 Å². The molecule has 1 N–H and O–H groups in total. The second-order valence-electron chi connectivity index (χ2n) is 5.78. The van der Waals surface area contributed by atoms with Gasteiger partial charge < -0.3 is 9.84 Å². The minimum Gasteiger partial charge on any atom is -0.508 e. The molecule has 0 radical (unpaired) electrons. The maximum atomic E-state index is 9.95. The zero-order chi connectivity index (χ0) is 13.8. The average molecular weight is 263 g/mol. The fourth-order valence-corrected chi connectivity index (χ4v) is 3.04. The van der Waals surface area contributed by atoms with Crippen molar-refractivity contribution in [2.75, 3.05) is 26.8 Å². The Morgan fingerprint density at radius 1 is 1.42 bits per heavy atom. The van der Waals surface area contributed by atoms with Gasteiger partial charge in [-0.15, -0.1) is 0 Å². The predicted octanol–water partition coefficient (Wildman–Crippen LogP) is 2.98. The number of ether oxygens (including phenoxy) is 1. The van der Waals surface area contributed by atoms with Gasteiger partial charge in [-0.3, -0.25) is 4.90 Å². The summed E-state index contributed by atoms with van der Waals surface area (Å²) in [5.41, 5.74) is 2.44. The molecule has 0 spiro atoms. The Balaban J connectivity index is 2.18. The number of benzene rings is 1. The highest BCUT2D eigenvalue weighted by molar-refractivity contribution is 5.44. The predicted molar refractivity (Wildman–Crippen MR) is 77.5 cm³/mol. The number of rotatable bonds is 6. The zero-order valence-electron chi connectivity index (χ0n) is 12.2. The summed E-state index contributed by atoms with van der Waals surface area (Å²) in [6, 6.07) is 6.34. The van der Waals surface area contributed by atoms with E-state index in [0.29, 0.717) is 17.7 Å². The quantitative estimate of drug-likeness (QED) is 0.856. The topological polar surface area (TPSA) is 32.7 Å². The van der Waals surface area contributed by atoms with Gasteiger partial charge in [-0.25, -0.2) is 0 Å². The standard InChI is InChI=1S/C16H25NO2/c1-12(2)11-17(9-10-19-3)15-8-7-14-13(15)5-4-6-16(14)18/h4-6,12,15,18H,7-11H2,1-3H3. The Kier molecular flexibility index (Phi) is 4.83. The Bertz CT molecular complexity index is 417. The molecule has 3 nitrogen and oxygen atoms in total. The van der Waals surface area contributed by atoms with Gasteiger partial charge in [0.25, 0.3) is 0 Å². The molecule has 0 aliphatic heterocycles. The van der Waals surface area contributed by atoms with Gasteiger partial charge in [-0.05, 0) is 36.0 Å². The van der Waals surface area contributed by atoms with Crippen LogP contribution in [0, 0.1) is 5.92 Å². The lowest BCUT2D eigenvalue weighted by Crippen LogP contribution is -2.34. The molecular formula is C16H25NO2. The second-order valence-corrected chi connectivity index (χ2v) is 5.78. The maximum Gasteiger partial charge on any atom is 0.119 e. The molecular weight excluding hydrogens is 238 g/mol. The molecule has 3 heteroatoms. The number of phenols is 1. The number of methoxy groups -OCH3 is 1. The lowest BCUT2D eigenvalue weighted by atomic mass is 10.0. The number of phenolic OH excluding ortho intramolecular Hbond substituents is 1. The second kappa shape index (κ2) is 6.40. The molecule has 0 amide bonds. The molecule has 0 saturated carbocycles. The van der Waals surface area contributed by atoms with Crippen molar-refractivity contribution in [3.63, 3.8) is 0 Å². The van der Waals surface area contributed by atoms with Gasteiger partial charge in [0.05, 0.1) is 6.61 Å². The van der Waals surface area contributed by atoms with E-state index in [1.54, 1.807) is 13.2 Å². The van der Waals surface area contributed by atoms with Crippen LogP contribution >= 0.6 is 0 Å². The first-order valence-corrected chi connectivity index (χ1v) is 7.17. The highest BCUT2D eigenvalue weighted by Gasteiger charge is 2.29. The lowest BCUT2D eigenvalue weighted by Gasteiger charge is -2.31. The van der Waals surface area contributed by atoms with Crippen molar-refractivity contribution in [3.05, 3.63) is 29.3 Å². The molecule has 0 saturated heterocycles. The molecule has 1 aliphatic carbocycles. The molecule has 19 heavy (non-hydrogen) atoms. The van der Waals surface area contributed by atoms with Crippen LogP contribution < -0.4 is 0 Å². The smallest absolute Gasteiger partial charge is 0.119 e. The number of aromatic hydroxyl groups is 1. The molecule has 1 aliphatic rings. The van der Waals surface area contributed by atoms with E-state index in [-0.39, 0.29) is 0 Å². The van der Waals surface area contributed by atoms with Gasteiger partial charge in [-0.2, -0.15) is 0 Å². The van der Waals surface area contributed by atoms with Crippen molar-refractivity contribution in [1.29, 1.82) is 0 Å². The summed E-state index contributed by atoms with van der Waals surface area (Å²) in [4.78, 5) is 2.50. The van der Waals surface area contributed by atoms with Crippen LogP contribution in [-0.2, 0) is 11.2 Å². The van der Waals surface area contributed by atoms with Gasteiger partial charge in [0.15, 0.2) is 0 Å². The molecule has 0 bridgehead atoms. The Hall–Kier alpha value is -1.06. The lowest BCUT2D eigenvalue weighted by molar-refractivity contribution is 0.109. The summed E-state index contributed by atoms with van der Waals surface area (Å²) in [5.74, 6) is 1.09. The van der Waals surface area contributed by atoms with Crippen LogP contribution in [0.15, 0.2) is 18.2 Å². The number of nitrogens with zero attached hydrogens (tertiary/aromatic N) is 1. The van der Waals surface area contributed by atoms with Crippen LogP contribution in [0.1, 0.15) is 37.4 Å². The molecule has 0 aromatic heterocycles. The highest BCUT2D eigenvalue weighted by atomic mass is 16.5. The van der Waals surface area contributed by atoms with E-state index in [2.05, 4.69) is 24.8 Å². The minimum absolute atomic E-state index is 0.430. The fourth-order valence-electron chi connectivity index (χ4n) is 3.04. The molecule has 1 atom stereocenters. The minimum atomic E-state index is 0.430. The van der Waals surface area contributed by atoms with E-state index in [4.69, 9.17) is 4.74 Å². The fraction of sp³-hybridized carbons (Fsp3) is 0.625. The van der Waals surface area contributed by atoms with Crippen molar-refractivity contribution in [2.24, 2.45) is 5.92 Å². The van der Waals surface area contributed by atoms with Gasteiger partial charge in [0.2, 0.25) is 0 Å². The summed E-state index contributed by atoms with van der Waals surface area (Å²) in [6.45, 7) is 7.28. The summed E-state index contributed by atoms with van der Waals surface area (Å²) in [6.07, 6.45) is 2.08. The summed E-state index contributed by atoms with van der Waals surface area (Å²) in [7, 11) is 1.75. The molecule has 1 aromatic carbocycles. The first-order valence-electron chi connectivity index (χ1n) is 7.17. The number of fused-ring (bicyclic) bond motifs is 1. The van der Waals surface area contributed by atoms with Crippen molar-refractivity contribution in [1.82, 2.24) is 4.90 Å². The van der Waals surface area contributed by atoms with Crippen LogP contribution in [0.4, 0.5) is 0 Å². The Labute approximate surface area is 116 Å². The van der Waals surface area contributed by atoms with Crippen molar-refractivity contribution in [3.8, 4) is 5.75 Å². The van der Waals surface area contributed by atoms with E-state index >= 15 is 0 Å². The SMILES string of the molecule is COCCN(CC(C)C)C1CCc2c(O)cccc21. The van der Waals surface area contributed by atoms with E-state index in [0.717, 1.165) is 38.1 Å². The third-order valence-corrected chi connectivity index (χ3v) is 3.84. The summed E-state index contributed by atoms with van der Waals surface area (Å²) < 4.78 is 5.23. The first-order chi connectivity index (χ1) is 9.13. The number of hydrogen-bond donors (Lipinski definition) is 1.